The van der Waals surface area contributed by atoms with Crippen LogP contribution in [-0.2, 0) is 24.9 Å². The molecule has 2 aliphatic rings. The average molecular weight is 302 g/mol. The first-order chi connectivity index (χ1) is 10.8. The van der Waals surface area contributed by atoms with Gasteiger partial charge in [0.2, 0.25) is 0 Å². The van der Waals surface area contributed by atoms with Crippen molar-refractivity contribution < 1.29 is 4.74 Å². The third-order valence-corrected chi connectivity index (χ3v) is 4.74. The van der Waals surface area contributed by atoms with E-state index in [0.29, 0.717) is 5.92 Å². The molecule has 0 bridgehead atoms. The molecule has 0 spiro atoms. The van der Waals surface area contributed by atoms with E-state index in [-0.39, 0.29) is 6.10 Å². The largest absolute Gasteiger partial charge is 0.370 e. The van der Waals surface area contributed by atoms with Crippen molar-refractivity contribution in [3.8, 4) is 0 Å². The van der Waals surface area contributed by atoms with Crippen LogP contribution < -0.4 is 0 Å². The van der Waals surface area contributed by atoms with E-state index in [2.05, 4.69) is 24.5 Å². The van der Waals surface area contributed by atoms with E-state index in [4.69, 9.17) is 4.74 Å². The van der Waals surface area contributed by atoms with Crippen LogP contribution in [0.15, 0.2) is 18.7 Å². The second-order valence-electron chi connectivity index (χ2n) is 6.22. The fourth-order valence-electron chi connectivity index (χ4n) is 3.57. The van der Waals surface area contributed by atoms with E-state index in [9.17, 15) is 0 Å². The van der Waals surface area contributed by atoms with Crippen LogP contribution in [0.2, 0.25) is 0 Å². The van der Waals surface area contributed by atoms with Crippen LogP contribution in [0.4, 0.5) is 0 Å². The summed E-state index contributed by atoms with van der Waals surface area (Å²) in [5.74, 6) is 2.60. The molecule has 7 nitrogen and oxygen atoms in total. The van der Waals surface area contributed by atoms with Crippen molar-refractivity contribution in [3.63, 3.8) is 0 Å². The first kappa shape index (κ1) is 13.9. The number of imidazole rings is 1. The van der Waals surface area contributed by atoms with Gasteiger partial charge in [-0.05, 0) is 12.8 Å². The van der Waals surface area contributed by atoms with Gasteiger partial charge in [0, 0.05) is 45.1 Å². The van der Waals surface area contributed by atoms with E-state index in [1.54, 1.807) is 6.33 Å². The smallest absolute Gasteiger partial charge is 0.141 e. The molecule has 2 aromatic heterocycles. The van der Waals surface area contributed by atoms with Crippen LogP contribution in [0.25, 0.3) is 0 Å². The van der Waals surface area contributed by atoms with Crippen LogP contribution in [0.3, 0.4) is 0 Å². The van der Waals surface area contributed by atoms with Gasteiger partial charge in [0.1, 0.15) is 24.1 Å². The highest BCUT2D eigenvalue weighted by Crippen LogP contribution is 2.33. The Bertz CT molecular complexity index is 636. The van der Waals surface area contributed by atoms with Crippen LogP contribution >= 0.6 is 0 Å². The molecule has 2 aliphatic heterocycles. The molecule has 0 aliphatic carbocycles. The van der Waals surface area contributed by atoms with E-state index < -0.39 is 0 Å². The minimum Gasteiger partial charge on any atom is -0.370 e. The van der Waals surface area contributed by atoms with Gasteiger partial charge in [0.15, 0.2) is 0 Å². The van der Waals surface area contributed by atoms with Gasteiger partial charge >= 0.3 is 0 Å². The number of fused-ring (bicyclic) bond motifs is 1. The van der Waals surface area contributed by atoms with E-state index in [0.717, 1.165) is 50.9 Å². The van der Waals surface area contributed by atoms with Crippen LogP contribution in [0, 0.1) is 5.92 Å². The molecule has 118 valence electrons. The lowest BCUT2D eigenvalue weighted by Crippen LogP contribution is -2.40. The fourth-order valence-corrected chi connectivity index (χ4v) is 3.57. The first-order valence-electron chi connectivity index (χ1n) is 7.99. The van der Waals surface area contributed by atoms with E-state index >= 15 is 0 Å². The number of ether oxygens (including phenoxy) is 1. The van der Waals surface area contributed by atoms with Gasteiger partial charge in [0.05, 0.1) is 13.1 Å². The number of aryl methyl sites for hydroxylation is 1. The van der Waals surface area contributed by atoms with E-state index in [1.165, 1.54) is 6.42 Å². The van der Waals surface area contributed by atoms with Crippen molar-refractivity contribution in [3.05, 3.63) is 30.4 Å². The SMILES string of the molecule is Cn1ccnc1[C@@H]1OCCC[C@H]1CN1CCn2ncnc2C1. The minimum atomic E-state index is 0.105. The van der Waals surface area contributed by atoms with Crippen molar-refractivity contribution in [1.29, 1.82) is 0 Å². The summed E-state index contributed by atoms with van der Waals surface area (Å²) in [5, 5.41) is 4.25. The maximum absolute atomic E-state index is 6.07. The lowest BCUT2D eigenvalue weighted by atomic mass is 9.92. The summed E-state index contributed by atoms with van der Waals surface area (Å²) in [4.78, 5) is 11.3. The van der Waals surface area contributed by atoms with Gasteiger partial charge in [-0.3, -0.25) is 4.90 Å². The van der Waals surface area contributed by atoms with Crippen LogP contribution in [0.1, 0.15) is 30.6 Å². The summed E-state index contributed by atoms with van der Waals surface area (Å²) in [7, 11) is 2.04. The Hall–Kier alpha value is -1.73. The summed E-state index contributed by atoms with van der Waals surface area (Å²) in [6.45, 7) is 4.70. The second kappa shape index (κ2) is 5.81. The number of hydrogen-bond acceptors (Lipinski definition) is 5. The summed E-state index contributed by atoms with van der Waals surface area (Å²) in [6.07, 6.45) is 7.94. The number of hydrogen-bond donors (Lipinski definition) is 0. The third-order valence-electron chi connectivity index (χ3n) is 4.74. The Balaban J connectivity index is 1.48. The Labute approximate surface area is 129 Å². The first-order valence-corrected chi connectivity index (χ1v) is 7.99. The zero-order chi connectivity index (χ0) is 14.9. The lowest BCUT2D eigenvalue weighted by molar-refractivity contribution is -0.0475. The van der Waals surface area contributed by atoms with Crippen molar-refractivity contribution in [1.82, 2.24) is 29.2 Å². The fraction of sp³-hybridized carbons (Fsp3) is 0.667. The van der Waals surface area contributed by atoms with Crippen molar-refractivity contribution in [2.75, 3.05) is 19.7 Å². The van der Waals surface area contributed by atoms with Gasteiger partial charge in [-0.15, -0.1) is 0 Å². The standard InChI is InChI=1S/C15H22N6O/c1-19-5-4-16-15(19)14-12(3-2-8-22-14)9-20-6-7-21-13(10-20)17-11-18-21/h4-5,11-12,14H,2-3,6-10H2,1H3/t12-,14+/m0/s1. The molecule has 1 fully saturated rings. The molecule has 22 heavy (non-hydrogen) atoms. The molecule has 0 N–H and O–H groups in total. The molecule has 2 aromatic rings. The average Bonchev–Trinajstić information content (AvgIpc) is 3.16. The molecule has 2 atom stereocenters. The zero-order valence-electron chi connectivity index (χ0n) is 12.9. The van der Waals surface area contributed by atoms with Gasteiger partial charge in [0.25, 0.3) is 0 Å². The van der Waals surface area contributed by atoms with E-state index in [1.807, 2.05) is 24.1 Å². The molecule has 0 radical (unpaired) electrons. The Morgan fingerprint density at radius 3 is 3.14 bits per heavy atom. The summed E-state index contributed by atoms with van der Waals surface area (Å²) >= 11 is 0. The molecular formula is C15H22N6O. The predicted octanol–water partition coefficient (Wildman–Crippen LogP) is 0.995. The molecular weight excluding hydrogens is 280 g/mol. The van der Waals surface area contributed by atoms with Crippen molar-refractivity contribution >= 4 is 0 Å². The van der Waals surface area contributed by atoms with Gasteiger partial charge in [-0.1, -0.05) is 0 Å². The normalized spacial score (nSPS) is 26.0. The molecule has 4 rings (SSSR count). The molecule has 0 unspecified atom stereocenters. The Kier molecular flexibility index (Phi) is 3.67. The third kappa shape index (κ3) is 2.55. The maximum Gasteiger partial charge on any atom is 0.141 e. The second-order valence-corrected chi connectivity index (χ2v) is 6.22. The summed E-state index contributed by atoms with van der Waals surface area (Å²) in [5.41, 5.74) is 0. The highest BCUT2D eigenvalue weighted by atomic mass is 16.5. The lowest BCUT2D eigenvalue weighted by Gasteiger charge is -2.36. The van der Waals surface area contributed by atoms with Crippen LogP contribution in [0.5, 0.6) is 0 Å². The molecule has 4 heterocycles. The minimum absolute atomic E-state index is 0.105. The maximum atomic E-state index is 6.07. The highest BCUT2D eigenvalue weighted by molar-refractivity contribution is 5.00. The number of rotatable bonds is 3. The van der Waals surface area contributed by atoms with Crippen molar-refractivity contribution in [2.45, 2.75) is 32.0 Å². The van der Waals surface area contributed by atoms with Crippen LogP contribution in [-0.4, -0.2) is 48.9 Å². The summed E-state index contributed by atoms with van der Waals surface area (Å²) in [6, 6.07) is 0. The Morgan fingerprint density at radius 2 is 2.27 bits per heavy atom. The molecule has 1 saturated heterocycles. The predicted molar refractivity (Wildman–Crippen MR) is 79.9 cm³/mol. The van der Waals surface area contributed by atoms with Crippen molar-refractivity contribution in [2.24, 2.45) is 13.0 Å². The van der Waals surface area contributed by atoms with Gasteiger partial charge < -0.3 is 9.30 Å². The quantitative estimate of drug-likeness (QED) is 0.846. The summed E-state index contributed by atoms with van der Waals surface area (Å²) < 4.78 is 10.2. The molecule has 0 aromatic carbocycles. The van der Waals surface area contributed by atoms with Gasteiger partial charge in [-0.25, -0.2) is 14.6 Å². The molecule has 7 heteroatoms. The monoisotopic (exact) mass is 302 g/mol. The molecule has 0 amide bonds. The highest BCUT2D eigenvalue weighted by Gasteiger charge is 2.32. The van der Waals surface area contributed by atoms with Gasteiger partial charge in [-0.2, -0.15) is 5.10 Å². The topological polar surface area (TPSA) is 61.0 Å². The zero-order valence-corrected chi connectivity index (χ0v) is 12.9. The Morgan fingerprint density at radius 1 is 1.32 bits per heavy atom. The number of nitrogens with zero attached hydrogens (tertiary/aromatic N) is 6. The molecule has 0 saturated carbocycles. The number of aromatic nitrogens is 5.